The van der Waals surface area contributed by atoms with Crippen LogP contribution in [0.1, 0.15) is 22.5 Å². The third-order valence-electron chi connectivity index (χ3n) is 4.23. The number of benzene rings is 1. The van der Waals surface area contributed by atoms with E-state index in [0.717, 1.165) is 22.5 Å². The zero-order valence-corrected chi connectivity index (χ0v) is 16.9. The van der Waals surface area contributed by atoms with Crippen molar-refractivity contribution >= 4 is 17.7 Å². The van der Waals surface area contributed by atoms with Gasteiger partial charge in [0.25, 0.3) is 0 Å². The van der Waals surface area contributed by atoms with Crippen LogP contribution in [-0.4, -0.2) is 47.8 Å². The monoisotopic (exact) mass is 375 g/mol. The molecule has 140 valence electrons. The third kappa shape index (κ3) is 4.88. The Morgan fingerprint density at radius 2 is 1.69 bits per heavy atom. The van der Waals surface area contributed by atoms with E-state index in [1.165, 1.54) is 11.8 Å². The van der Waals surface area contributed by atoms with E-state index in [4.69, 9.17) is 9.47 Å². The standard InChI is InChI=1S/C19H25N3O3S/c1-12-13(2)20-19(21-14(12)3)26-11-18(23)22(4)10-15-7-8-16(24-5)17(9-15)25-6/h7-9H,10-11H2,1-6H3. The summed E-state index contributed by atoms with van der Waals surface area (Å²) in [6.07, 6.45) is 0. The van der Waals surface area contributed by atoms with Gasteiger partial charge in [0.05, 0.1) is 20.0 Å². The van der Waals surface area contributed by atoms with Gasteiger partial charge in [-0.25, -0.2) is 9.97 Å². The highest BCUT2D eigenvalue weighted by atomic mass is 32.2. The second kappa shape index (κ2) is 8.89. The Hall–Kier alpha value is -2.28. The molecule has 2 aromatic rings. The second-order valence-corrected chi connectivity index (χ2v) is 6.97. The van der Waals surface area contributed by atoms with Gasteiger partial charge in [-0.05, 0) is 44.0 Å². The molecule has 6 nitrogen and oxygen atoms in total. The van der Waals surface area contributed by atoms with Gasteiger partial charge in [-0.2, -0.15) is 0 Å². The summed E-state index contributed by atoms with van der Waals surface area (Å²) in [5.41, 5.74) is 3.96. The van der Waals surface area contributed by atoms with E-state index >= 15 is 0 Å². The van der Waals surface area contributed by atoms with Crippen LogP contribution in [0.25, 0.3) is 0 Å². The van der Waals surface area contributed by atoms with E-state index in [1.54, 1.807) is 26.2 Å². The maximum atomic E-state index is 12.4. The van der Waals surface area contributed by atoms with Gasteiger partial charge in [0.2, 0.25) is 5.91 Å². The molecule has 0 N–H and O–H groups in total. The number of hydrogen-bond donors (Lipinski definition) is 0. The summed E-state index contributed by atoms with van der Waals surface area (Å²) >= 11 is 1.36. The van der Waals surface area contributed by atoms with Crippen molar-refractivity contribution in [3.63, 3.8) is 0 Å². The van der Waals surface area contributed by atoms with E-state index in [2.05, 4.69) is 9.97 Å². The molecule has 0 radical (unpaired) electrons. The summed E-state index contributed by atoms with van der Waals surface area (Å²) < 4.78 is 10.5. The fraction of sp³-hybridized carbons (Fsp3) is 0.421. The van der Waals surface area contributed by atoms with Crippen LogP contribution in [0.15, 0.2) is 23.4 Å². The minimum atomic E-state index is 0.0178. The summed E-state index contributed by atoms with van der Waals surface area (Å²) in [6.45, 7) is 6.41. The lowest BCUT2D eigenvalue weighted by atomic mass is 10.2. The van der Waals surface area contributed by atoms with Gasteiger partial charge in [-0.15, -0.1) is 0 Å². The molecular weight excluding hydrogens is 350 g/mol. The van der Waals surface area contributed by atoms with Crippen LogP contribution in [-0.2, 0) is 11.3 Å². The Bertz CT molecular complexity index is 773. The topological polar surface area (TPSA) is 64.5 Å². The highest BCUT2D eigenvalue weighted by Crippen LogP contribution is 2.28. The summed E-state index contributed by atoms with van der Waals surface area (Å²) in [5.74, 6) is 1.64. The lowest BCUT2D eigenvalue weighted by molar-refractivity contribution is -0.127. The van der Waals surface area contributed by atoms with Crippen molar-refractivity contribution in [2.75, 3.05) is 27.0 Å². The first-order valence-electron chi connectivity index (χ1n) is 8.25. The van der Waals surface area contributed by atoms with Crippen molar-refractivity contribution in [1.29, 1.82) is 0 Å². The molecule has 1 amide bonds. The lowest BCUT2D eigenvalue weighted by Crippen LogP contribution is -2.27. The van der Waals surface area contributed by atoms with E-state index in [0.29, 0.717) is 29.0 Å². The lowest BCUT2D eigenvalue weighted by Gasteiger charge is -2.18. The van der Waals surface area contributed by atoms with Crippen molar-refractivity contribution in [1.82, 2.24) is 14.9 Å². The smallest absolute Gasteiger partial charge is 0.233 e. The van der Waals surface area contributed by atoms with Crippen LogP contribution < -0.4 is 9.47 Å². The van der Waals surface area contributed by atoms with Crippen LogP contribution in [0, 0.1) is 20.8 Å². The molecule has 1 aromatic carbocycles. The maximum Gasteiger partial charge on any atom is 0.233 e. The molecule has 7 heteroatoms. The van der Waals surface area contributed by atoms with Gasteiger partial charge in [0.15, 0.2) is 16.7 Å². The van der Waals surface area contributed by atoms with Gasteiger partial charge in [-0.3, -0.25) is 4.79 Å². The van der Waals surface area contributed by atoms with Gasteiger partial charge >= 0.3 is 0 Å². The Kier molecular flexibility index (Phi) is 6.85. The molecule has 26 heavy (non-hydrogen) atoms. The molecule has 1 aromatic heterocycles. The first kappa shape index (κ1) is 20.0. The van der Waals surface area contributed by atoms with Crippen molar-refractivity contribution < 1.29 is 14.3 Å². The van der Waals surface area contributed by atoms with Crippen molar-refractivity contribution in [2.45, 2.75) is 32.5 Å². The highest BCUT2D eigenvalue weighted by Gasteiger charge is 2.13. The normalized spacial score (nSPS) is 10.5. The quantitative estimate of drug-likeness (QED) is 0.547. The second-order valence-electron chi connectivity index (χ2n) is 6.03. The van der Waals surface area contributed by atoms with E-state index < -0.39 is 0 Å². The Morgan fingerprint density at radius 3 is 2.27 bits per heavy atom. The molecule has 0 aliphatic rings. The van der Waals surface area contributed by atoms with E-state index in [9.17, 15) is 4.79 Å². The first-order valence-corrected chi connectivity index (χ1v) is 9.23. The Morgan fingerprint density at radius 1 is 1.08 bits per heavy atom. The number of carbonyl (C=O) groups is 1. The summed E-state index contributed by atoms with van der Waals surface area (Å²) in [6, 6.07) is 5.65. The fourth-order valence-electron chi connectivity index (χ4n) is 2.38. The van der Waals surface area contributed by atoms with Crippen LogP contribution >= 0.6 is 11.8 Å². The zero-order valence-electron chi connectivity index (χ0n) is 16.1. The van der Waals surface area contributed by atoms with Crippen molar-refractivity contribution in [2.24, 2.45) is 0 Å². The number of nitrogens with zero attached hydrogens (tertiary/aromatic N) is 3. The molecule has 2 rings (SSSR count). The van der Waals surface area contributed by atoms with Gasteiger partial charge in [0.1, 0.15) is 0 Å². The average Bonchev–Trinajstić information content (AvgIpc) is 2.63. The highest BCUT2D eigenvalue weighted by molar-refractivity contribution is 7.99. The van der Waals surface area contributed by atoms with Crippen LogP contribution in [0.2, 0.25) is 0 Å². The SMILES string of the molecule is COc1ccc(CN(C)C(=O)CSc2nc(C)c(C)c(C)n2)cc1OC. The largest absolute Gasteiger partial charge is 0.493 e. The molecule has 0 saturated carbocycles. The van der Waals surface area contributed by atoms with Crippen molar-refractivity contribution in [3.8, 4) is 11.5 Å². The van der Waals surface area contributed by atoms with Gasteiger partial charge in [0, 0.05) is 25.0 Å². The minimum absolute atomic E-state index is 0.0178. The molecule has 0 aliphatic heterocycles. The molecule has 0 bridgehead atoms. The number of hydrogen-bond acceptors (Lipinski definition) is 6. The zero-order chi connectivity index (χ0) is 19.3. The number of carbonyl (C=O) groups excluding carboxylic acids is 1. The molecule has 0 unspecified atom stereocenters. The summed E-state index contributed by atoms with van der Waals surface area (Å²) in [7, 11) is 4.98. The van der Waals surface area contributed by atoms with Crippen LogP contribution in [0.3, 0.4) is 0 Å². The van der Waals surface area contributed by atoms with Crippen molar-refractivity contribution in [3.05, 3.63) is 40.7 Å². The van der Waals surface area contributed by atoms with Gasteiger partial charge < -0.3 is 14.4 Å². The number of amides is 1. The molecule has 0 aliphatic carbocycles. The fourth-order valence-corrected chi connectivity index (χ4v) is 3.26. The summed E-state index contributed by atoms with van der Waals surface area (Å²) in [5, 5.41) is 0.637. The number of ether oxygens (including phenoxy) is 2. The number of thioether (sulfide) groups is 1. The van der Waals surface area contributed by atoms with E-state index in [-0.39, 0.29) is 5.91 Å². The molecule has 0 saturated heterocycles. The van der Waals surface area contributed by atoms with E-state index in [1.807, 2.05) is 39.0 Å². The first-order chi connectivity index (χ1) is 12.3. The van der Waals surface area contributed by atoms with Crippen LogP contribution in [0.5, 0.6) is 11.5 Å². The molecular formula is C19H25N3O3S. The van der Waals surface area contributed by atoms with Crippen LogP contribution in [0.4, 0.5) is 0 Å². The molecule has 0 fully saturated rings. The molecule has 1 heterocycles. The number of rotatable bonds is 7. The summed E-state index contributed by atoms with van der Waals surface area (Å²) in [4.78, 5) is 23.0. The maximum absolute atomic E-state index is 12.4. The Labute approximate surface area is 158 Å². The number of methoxy groups -OCH3 is 2. The predicted molar refractivity (Wildman–Crippen MR) is 103 cm³/mol. The molecule has 0 atom stereocenters. The average molecular weight is 375 g/mol. The van der Waals surface area contributed by atoms with Gasteiger partial charge in [-0.1, -0.05) is 17.8 Å². The number of aromatic nitrogens is 2. The Balaban J connectivity index is 1.97. The number of aryl methyl sites for hydroxylation is 2. The predicted octanol–water partition coefficient (Wildman–Crippen LogP) is 3.17. The minimum Gasteiger partial charge on any atom is -0.493 e. The molecule has 0 spiro atoms. The third-order valence-corrected chi connectivity index (χ3v) is 5.06.